The van der Waals surface area contributed by atoms with Gasteiger partial charge in [0.15, 0.2) is 0 Å². The number of nitrogens with one attached hydrogen (secondary N) is 2. The van der Waals surface area contributed by atoms with Gasteiger partial charge in [0, 0.05) is 10.7 Å². The molecule has 2 N–H and O–H groups in total. The van der Waals surface area contributed by atoms with Gasteiger partial charge in [0.25, 0.3) is 5.56 Å². The molecule has 6 heteroatoms. The van der Waals surface area contributed by atoms with Gasteiger partial charge >= 0.3 is 0 Å². The molecule has 3 rings (SSSR count). The summed E-state index contributed by atoms with van der Waals surface area (Å²) in [6.45, 7) is 5.94. The highest BCUT2D eigenvalue weighted by molar-refractivity contribution is 6.30. The molecule has 0 unspecified atom stereocenters. The average Bonchev–Trinajstić information content (AvgIpc) is 2.86. The van der Waals surface area contributed by atoms with Gasteiger partial charge in [0.2, 0.25) is 0 Å². The van der Waals surface area contributed by atoms with Gasteiger partial charge in [-0.1, -0.05) is 23.7 Å². The smallest absolute Gasteiger partial charge is 0.280 e. The van der Waals surface area contributed by atoms with Gasteiger partial charge < -0.3 is 0 Å². The molecule has 0 radical (unpaired) electrons. The summed E-state index contributed by atoms with van der Waals surface area (Å²) >= 11 is 6.00. The van der Waals surface area contributed by atoms with Crippen LogP contribution in [-0.2, 0) is 0 Å². The van der Waals surface area contributed by atoms with Crippen LogP contribution in [0.15, 0.2) is 52.4 Å². The van der Waals surface area contributed by atoms with E-state index in [1.54, 1.807) is 18.2 Å². The fourth-order valence-electron chi connectivity index (χ4n) is 2.49. The van der Waals surface area contributed by atoms with Crippen LogP contribution in [0.4, 0.5) is 5.69 Å². The van der Waals surface area contributed by atoms with E-state index < -0.39 is 0 Å². The zero-order valence-corrected chi connectivity index (χ0v) is 15.1. The Labute approximate surface area is 150 Å². The first-order valence-corrected chi connectivity index (χ1v) is 8.27. The quantitative estimate of drug-likeness (QED) is 0.545. The second kappa shape index (κ2) is 6.99. The molecule has 2 aromatic carbocycles. The monoisotopic (exact) mass is 354 g/mol. The number of rotatable bonds is 4. The summed E-state index contributed by atoms with van der Waals surface area (Å²) in [5, 5.41) is 7.82. The Bertz CT molecular complexity index is 1000. The number of nitrogens with zero attached hydrogens (tertiary/aromatic N) is 2. The molecule has 0 aliphatic carbocycles. The van der Waals surface area contributed by atoms with E-state index in [1.807, 2.05) is 38.1 Å². The number of hydrazone groups is 1. The Morgan fingerprint density at radius 2 is 1.92 bits per heavy atom. The second-order valence-electron chi connectivity index (χ2n) is 5.94. The summed E-state index contributed by atoms with van der Waals surface area (Å²) in [5.41, 5.74) is 7.98. The van der Waals surface area contributed by atoms with Crippen LogP contribution in [0.1, 0.15) is 22.4 Å². The lowest BCUT2D eigenvalue weighted by atomic mass is 10.1. The normalized spacial score (nSPS) is 11.2. The fraction of sp³-hybridized carbons (Fsp3) is 0.158. The van der Waals surface area contributed by atoms with Crippen LogP contribution in [0.3, 0.4) is 0 Å². The first-order valence-electron chi connectivity index (χ1n) is 7.89. The summed E-state index contributed by atoms with van der Waals surface area (Å²) < 4.78 is 1.46. The maximum absolute atomic E-state index is 12.6. The van der Waals surface area contributed by atoms with E-state index in [1.165, 1.54) is 22.0 Å². The Morgan fingerprint density at radius 3 is 2.64 bits per heavy atom. The number of aryl methyl sites for hydroxylation is 3. The highest BCUT2D eigenvalue weighted by Gasteiger charge is 2.10. The molecule has 0 fully saturated rings. The molecule has 1 aromatic heterocycles. The molecule has 0 bridgehead atoms. The predicted molar refractivity (Wildman–Crippen MR) is 103 cm³/mol. The van der Waals surface area contributed by atoms with Crippen LogP contribution in [-0.4, -0.2) is 16.0 Å². The minimum Gasteiger partial charge on any atom is -0.295 e. The number of hydrogen-bond donors (Lipinski definition) is 2. The predicted octanol–water partition coefficient (Wildman–Crippen LogP) is 4.19. The number of aromatic nitrogens is 2. The van der Waals surface area contributed by atoms with Crippen LogP contribution in [0.25, 0.3) is 5.69 Å². The molecule has 0 saturated carbocycles. The number of halogens is 1. The largest absolute Gasteiger partial charge is 0.295 e. The minimum absolute atomic E-state index is 0.176. The van der Waals surface area contributed by atoms with Crippen molar-refractivity contribution in [3.8, 4) is 5.69 Å². The number of H-pyrrole nitrogens is 1. The standard InChI is InChI=1S/C19H19ClN4O/c1-12-7-8-16(9-13(12)2)22-21-11-18-14(3)23-24(19(18)25)17-6-4-5-15(20)10-17/h4-11,22-23H,1-3H3. The molecule has 25 heavy (non-hydrogen) atoms. The van der Waals surface area contributed by atoms with E-state index in [-0.39, 0.29) is 5.56 Å². The van der Waals surface area contributed by atoms with Gasteiger partial charge in [0.05, 0.1) is 23.2 Å². The van der Waals surface area contributed by atoms with Crippen LogP contribution in [0.2, 0.25) is 5.02 Å². The third kappa shape index (κ3) is 3.67. The number of hydrogen-bond acceptors (Lipinski definition) is 3. The summed E-state index contributed by atoms with van der Waals surface area (Å²) in [4.78, 5) is 12.6. The van der Waals surface area contributed by atoms with Crippen molar-refractivity contribution >= 4 is 23.5 Å². The number of aromatic amines is 1. The topological polar surface area (TPSA) is 62.2 Å². The Morgan fingerprint density at radius 1 is 1.12 bits per heavy atom. The maximum Gasteiger partial charge on any atom is 0.280 e. The lowest BCUT2D eigenvalue weighted by molar-refractivity contribution is 0.835. The molecule has 128 valence electrons. The van der Waals surface area contributed by atoms with Gasteiger partial charge in [-0.2, -0.15) is 5.10 Å². The Kier molecular flexibility index (Phi) is 4.76. The average molecular weight is 355 g/mol. The van der Waals surface area contributed by atoms with E-state index in [4.69, 9.17) is 11.6 Å². The molecule has 0 aliphatic heterocycles. The summed E-state index contributed by atoms with van der Waals surface area (Å²) in [6, 6.07) is 13.1. The van der Waals surface area contributed by atoms with Crippen LogP contribution in [0, 0.1) is 20.8 Å². The maximum atomic E-state index is 12.6. The lowest BCUT2D eigenvalue weighted by Gasteiger charge is -2.03. The number of benzene rings is 2. The lowest BCUT2D eigenvalue weighted by Crippen LogP contribution is -2.17. The molecular formula is C19H19ClN4O. The first-order chi connectivity index (χ1) is 12.0. The van der Waals surface area contributed by atoms with E-state index in [0.717, 1.165) is 11.4 Å². The van der Waals surface area contributed by atoms with Crippen molar-refractivity contribution in [3.05, 3.63) is 80.2 Å². The van der Waals surface area contributed by atoms with Crippen molar-refractivity contribution < 1.29 is 0 Å². The molecule has 0 saturated heterocycles. The fourth-order valence-corrected chi connectivity index (χ4v) is 2.68. The van der Waals surface area contributed by atoms with E-state index >= 15 is 0 Å². The van der Waals surface area contributed by atoms with Crippen molar-refractivity contribution in [2.45, 2.75) is 20.8 Å². The van der Waals surface area contributed by atoms with Gasteiger partial charge in [-0.3, -0.25) is 15.3 Å². The third-order valence-electron chi connectivity index (χ3n) is 4.08. The third-order valence-corrected chi connectivity index (χ3v) is 4.31. The van der Waals surface area contributed by atoms with Gasteiger partial charge in [0.1, 0.15) is 0 Å². The minimum atomic E-state index is -0.176. The van der Waals surface area contributed by atoms with Crippen molar-refractivity contribution in [2.75, 3.05) is 5.43 Å². The Hall–Kier alpha value is -2.79. The first kappa shape index (κ1) is 17.0. The molecule has 5 nitrogen and oxygen atoms in total. The van der Waals surface area contributed by atoms with Crippen molar-refractivity contribution in [3.63, 3.8) is 0 Å². The molecule has 0 amide bonds. The second-order valence-corrected chi connectivity index (χ2v) is 6.38. The van der Waals surface area contributed by atoms with E-state index in [0.29, 0.717) is 16.3 Å². The SMILES string of the molecule is Cc1ccc(NN=Cc2c(C)[nH]n(-c3cccc(Cl)c3)c2=O)cc1C. The van der Waals surface area contributed by atoms with Crippen molar-refractivity contribution in [1.29, 1.82) is 0 Å². The highest BCUT2D eigenvalue weighted by atomic mass is 35.5. The summed E-state index contributed by atoms with van der Waals surface area (Å²) in [6.07, 6.45) is 1.53. The molecular weight excluding hydrogens is 336 g/mol. The highest BCUT2D eigenvalue weighted by Crippen LogP contribution is 2.15. The summed E-state index contributed by atoms with van der Waals surface area (Å²) in [5.74, 6) is 0. The molecule has 0 spiro atoms. The molecule has 3 aromatic rings. The Balaban J connectivity index is 1.86. The van der Waals surface area contributed by atoms with Gasteiger partial charge in [-0.15, -0.1) is 0 Å². The zero-order chi connectivity index (χ0) is 18.0. The zero-order valence-electron chi connectivity index (χ0n) is 14.3. The van der Waals surface area contributed by atoms with Crippen LogP contribution < -0.4 is 11.0 Å². The van der Waals surface area contributed by atoms with E-state index in [9.17, 15) is 4.79 Å². The van der Waals surface area contributed by atoms with Crippen molar-refractivity contribution in [2.24, 2.45) is 5.10 Å². The molecule has 1 heterocycles. The summed E-state index contributed by atoms with van der Waals surface area (Å²) in [7, 11) is 0. The van der Waals surface area contributed by atoms with Crippen LogP contribution in [0.5, 0.6) is 0 Å². The molecule has 0 atom stereocenters. The number of anilines is 1. The van der Waals surface area contributed by atoms with Gasteiger partial charge in [-0.05, 0) is 62.2 Å². The van der Waals surface area contributed by atoms with E-state index in [2.05, 4.69) is 22.5 Å². The van der Waals surface area contributed by atoms with Gasteiger partial charge in [-0.25, -0.2) is 4.68 Å². The van der Waals surface area contributed by atoms with Crippen LogP contribution >= 0.6 is 11.6 Å². The molecule has 0 aliphatic rings. The van der Waals surface area contributed by atoms with Crippen molar-refractivity contribution in [1.82, 2.24) is 9.78 Å².